The Bertz CT molecular complexity index is 1030. The number of rotatable bonds is 5. The first-order valence-corrected chi connectivity index (χ1v) is 10.3. The number of aliphatic hydroxyl groups is 1. The van der Waals surface area contributed by atoms with E-state index >= 15 is 0 Å². The van der Waals surface area contributed by atoms with Crippen molar-refractivity contribution < 1.29 is 18.6 Å². The lowest BCUT2D eigenvalue weighted by atomic mass is 9.92. The molecule has 10 heteroatoms. The summed E-state index contributed by atoms with van der Waals surface area (Å²) in [7, 11) is 0. The van der Waals surface area contributed by atoms with E-state index in [9.17, 15) is 13.9 Å². The molecule has 3 fully saturated rings. The Labute approximate surface area is 169 Å². The van der Waals surface area contributed by atoms with E-state index in [0.717, 1.165) is 38.5 Å². The zero-order chi connectivity index (χ0) is 20.4. The Kier molecular flexibility index (Phi) is 4.10. The summed E-state index contributed by atoms with van der Waals surface area (Å²) in [5, 5.41) is 18.3. The molecule has 2 N–H and O–H groups in total. The lowest BCUT2D eigenvalue weighted by Gasteiger charge is -2.48. The summed E-state index contributed by atoms with van der Waals surface area (Å²) < 4.78 is 36.0. The molecule has 0 radical (unpaired) electrons. The van der Waals surface area contributed by atoms with Crippen molar-refractivity contribution in [2.75, 3.05) is 18.0 Å². The van der Waals surface area contributed by atoms with Crippen LogP contribution in [0.15, 0.2) is 30.6 Å². The molecule has 3 aliphatic heterocycles. The van der Waals surface area contributed by atoms with Crippen molar-refractivity contribution in [3.63, 3.8) is 0 Å². The van der Waals surface area contributed by atoms with E-state index in [1.807, 2.05) is 0 Å². The second-order valence-electron chi connectivity index (χ2n) is 8.09. The quantitative estimate of drug-likeness (QED) is 0.660. The number of thiazole rings is 1. The smallest absolute Gasteiger partial charge is 0.426 e. The maximum atomic E-state index is 14.4. The van der Waals surface area contributed by atoms with Crippen LogP contribution in [0.2, 0.25) is 0 Å². The van der Waals surface area contributed by atoms with Gasteiger partial charge in [0.25, 0.3) is 0 Å². The third-order valence-electron chi connectivity index (χ3n) is 5.37. The summed E-state index contributed by atoms with van der Waals surface area (Å²) in [6.07, 6.45) is 0.829. The number of hydrogen-bond acceptors (Lipinski definition) is 7. The van der Waals surface area contributed by atoms with Crippen molar-refractivity contribution in [1.82, 2.24) is 20.1 Å². The standard InChI is InChI=1S/C19H21F2N5O2S/c1-18(2,27)19(20,21)28-14-5-4-13(26-7-3-6-22-26)15-16(14)29-17(24-15)25-9-11-8-12(10-25)23-11/h3-7,11-12,23,27H,8-10H2,1-2H3. The molecule has 3 aliphatic rings. The zero-order valence-corrected chi connectivity index (χ0v) is 16.8. The van der Waals surface area contributed by atoms with Crippen LogP contribution in [-0.4, -0.2) is 56.8 Å². The molecule has 2 aromatic heterocycles. The normalized spacial score (nSPS) is 22.0. The number of nitrogens with zero attached hydrogens (tertiary/aromatic N) is 4. The van der Waals surface area contributed by atoms with Crippen molar-refractivity contribution in [3.8, 4) is 11.4 Å². The van der Waals surface area contributed by atoms with Crippen LogP contribution in [0.5, 0.6) is 5.75 Å². The number of nitrogens with one attached hydrogen (secondary N) is 1. The van der Waals surface area contributed by atoms with Crippen LogP contribution in [0.3, 0.4) is 0 Å². The Morgan fingerprint density at radius 3 is 2.62 bits per heavy atom. The van der Waals surface area contributed by atoms with Crippen LogP contribution >= 0.6 is 11.3 Å². The number of piperazine rings is 1. The molecule has 6 rings (SSSR count). The number of benzene rings is 1. The average Bonchev–Trinajstić information content (AvgIpc) is 3.30. The summed E-state index contributed by atoms with van der Waals surface area (Å²) in [4.78, 5) is 6.95. The largest absolute Gasteiger partial charge is 0.429 e. The Balaban J connectivity index is 1.60. The Morgan fingerprint density at radius 2 is 2.00 bits per heavy atom. The molecule has 2 atom stereocenters. The maximum absolute atomic E-state index is 14.4. The molecular formula is C19H21F2N5O2S. The van der Waals surface area contributed by atoms with Gasteiger partial charge in [0.2, 0.25) is 0 Å². The molecule has 1 aromatic carbocycles. The average molecular weight is 421 g/mol. The molecule has 2 unspecified atom stereocenters. The molecule has 29 heavy (non-hydrogen) atoms. The molecule has 0 aliphatic carbocycles. The van der Waals surface area contributed by atoms with Crippen molar-refractivity contribution >= 4 is 26.7 Å². The minimum Gasteiger partial charge on any atom is -0.429 e. The highest BCUT2D eigenvalue weighted by molar-refractivity contribution is 7.22. The fourth-order valence-electron chi connectivity index (χ4n) is 3.70. The van der Waals surface area contributed by atoms with Gasteiger partial charge in [-0.3, -0.25) is 0 Å². The molecular weight excluding hydrogens is 400 g/mol. The van der Waals surface area contributed by atoms with Crippen LogP contribution in [0, 0.1) is 0 Å². The minimum atomic E-state index is -3.76. The fraction of sp³-hybridized carbons (Fsp3) is 0.474. The Morgan fingerprint density at radius 1 is 1.28 bits per heavy atom. The molecule has 154 valence electrons. The molecule has 0 saturated carbocycles. The van der Waals surface area contributed by atoms with Crippen molar-refractivity contribution in [2.45, 2.75) is 44.1 Å². The second kappa shape index (κ2) is 6.35. The topological polar surface area (TPSA) is 75.4 Å². The highest BCUT2D eigenvalue weighted by Gasteiger charge is 2.49. The molecule has 3 aromatic rings. The first-order chi connectivity index (χ1) is 13.7. The molecule has 3 saturated heterocycles. The Hall–Kier alpha value is -2.30. The molecule has 2 bridgehead atoms. The lowest BCUT2D eigenvalue weighted by Crippen LogP contribution is -2.67. The number of anilines is 1. The highest BCUT2D eigenvalue weighted by atomic mass is 32.1. The van der Waals surface area contributed by atoms with Gasteiger partial charge >= 0.3 is 6.11 Å². The molecule has 0 amide bonds. The molecule has 0 spiro atoms. The second-order valence-corrected chi connectivity index (χ2v) is 9.06. The lowest BCUT2D eigenvalue weighted by molar-refractivity contribution is -0.275. The van der Waals surface area contributed by atoms with Gasteiger partial charge < -0.3 is 20.1 Å². The van der Waals surface area contributed by atoms with Gasteiger partial charge in [0.15, 0.2) is 10.7 Å². The van der Waals surface area contributed by atoms with E-state index in [1.54, 1.807) is 29.2 Å². The zero-order valence-electron chi connectivity index (χ0n) is 16.0. The van der Waals surface area contributed by atoms with E-state index in [2.05, 4.69) is 15.3 Å². The first kappa shape index (κ1) is 18.7. The van der Waals surface area contributed by atoms with Crippen LogP contribution in [0.4, 0.5) is 13.9 Å². The summed E-state index contributed by atoms with van der Waals surface area (Å²) in [5.41, 5.74) is -1.09. The first-order valence-electron chi connectivity index (χ1n) is 9.45. The minimum absolute atomic E-state index is 0.00734. The summed E-state index contributed by atoms with van der Waals surface area (Å²) in [6, 6.07) is 5.82. The predicted molar refractivity (Wildman–Crippen MR) is 106 cm³/mol. The number of halogens is 2. The number of hydrogen-bond donors (Lipinski definition) is 2. The number of aromatic nitrogens is 3. The van der Waals surface area contributed by atoms with Gasteiger partial charge in [-0.25, -0.2) is 9.67 Å². The van der Waals surface area contributed by atoms with Gasteiger partial charge in [0, 0.05) is 37.6 Å². The van der Waals surface area contributed by atoms with Gasteiger partial charge in [-0.05, 0) is 38.5 Å². The van der Waals surface area contributed by atoms with Gasteiger partial charge in [-0.15, -0.1) is 0 Å². The summed E-state index contributed by atoms with van der Waals surface area (Å²) >= 11 is 1.32. The maximum Gasteiger partial charge on any atom is 0.426 e. The van der Waals surface area contributed by atoms with Crippen molar-refractivity contribution in [2.24, 2.45) is 0 Å². The number of piperidine rings is 1. The number of ether oxygens (including phenoxy) is 1. The third kappa shape index (κ3) is 3.15. The van der Waals surface area contributed by atoms with Crippen molar-refractivity contribution in [3.05, 3.63) is 30.6 Å². The molecule has 7 nitrogen and oxygen atoms in total. The monoisotopic (exact) mass is 421 g/mol. The van der Waals surface area contributed by atoms with Gasteiger partial charge in [-0.1, -0.05) is 11.3 Å². The van der Waals surface area contributed by atoms with Crippen LogP contribution in [-0.2, 0) is 0 Å². The van der Waals surface area contributed by atoms with Crippen molar-refractivity contribution in [1.29, 1.82) is 0 Å². The van der Waals surface area contributed by atoms with E-state index < -0.39 is 11.7 Å². The van der Waals surface area contributed by atoms with E-state index in [4.69, 9.17) is 9.72 Å². The van der Waals surface area contributed by atoms with Crippen LogP contribution < -0.4 is 15.0 Å². The predicted octanol–water partition coefficient (Wildman–Crippen LogP) is 2.78. The van der Waals surface area contributed by atoms with Gasteiger partial charge in [0.05, 0.1) is 5.69 Å². The van der Waals surface area contributed by atoms with E-state index in [-0.39, 0.29) is 5.75 Å². The van der Waals surface area contributed by atoms with E-state index in [0.29, 0.717) is 28.0 Å². The number of alkyl halides is 2. The van der Waals surface area contributed by atoms with E-state index in [1.165, 1.54) is 17.4 Å². The summed E-state index contributed by atoms with van der Waals surface area (Å²) in [6.45, 7) is 3.72. The SMILES string of the molecule is CC(C)(O)C(F)(F)Oc1ccc(-n2cccn2)c2nc(N3CC4CC(C3)N4)sc12. The molecule has 5 heterocycles. The number of fused-ring (bicyclic) bond motifs is 3. The van der Waals surface area contributed by atoms with Gasteiger partial charge in [0.1, 0.15) is 16.0 Å². The van der Waals surface area contributed by atoms with Gasteiger partial charge in [-0.2, -0.15) is 13.9 Å². The third-order valence-corrected chi connectivity index (χ3v) is 6.50. The summed E-state index contributed by atoms with van der Waals surface area (Å²) in [5.74, 6) is -0.00734. The van der Waals surface area contributed by atoms with Crippen LogP contribution in [0.25, 0.3) is 15.9 Å². The fourth-order valence-corrected chi connectivity index (χ4v) is 4.76. The van der Waals surface area contributed by atoms with Crippen LogP contribution in [0.1, 0.15) is 20.3 Å². The highest BCUT2D eigenvalue weighted by Crippen LogP contribution is 2.42.